The van der Waals surface area contributed by atoms with Crippen LogP contribution < -0.4 is 4.74 Å². The number of rotatable bonds is 13. The number of hydrogen-bond donors (Lipinski definition) is 3. The molecule has 27 heteroatoms. The van der Waals surface area contributed by atoms with E-state index >= 15 is 0 Å². The van der Waals surface area contributed by atoms with E-state index in [-0.39, 0.29) is 14.1 Å². The van der Waals surface area contributed by atoms with Gasteiger partial charge in [0.1, 0.15) is 39.3 Å². The van der Waals surface area contributed by atoms with Crippen molar-refractivity contribution in [1.82, 2.24) is 58.6 Å². The van der Waals surface area contributed by atoms with Gasteiger partial charge in [0.25, 0.3) is 0 Å². The lowest BCUT2D eigenvalue weighted by atomic mass is 10.1. The Bertz CT molecular complexity index is 6380. The van der Waals surface area contributed by atoms with Gasteiger partial charge in [-0.3, -0.25) is 0 Å². The van der Waals surface area contributed by atoms with Gasteiger partial charge < -0.3 is 33.7 Å². The van der Waals surface area contributed by atoms with Crippen LogP contribution >= 0.6 is 0 Å². The van der Waals surface area contributed by atoms with E-state index in [1.807, 2.05) is 58.4 Å². The van der Waals surface area contributed by atoms with E-state index in [1.165, 1.54) is 32.7 Å². The quantitative estimate of drug-likeness (QED) is 0.0966. The van der Waals surface area contributed by atoms with Gasteiger partial charge in [-0.2, -0.15) is 0 Å². The number of carbonyl (C=O) groups is 2. The molecule has 0 unspecified atom stereocenters. The maximum Gasteiger partial charge on any atom is 0.419 e. The molecule has 6 aromatic carbocycles. The molecule has 9 heterocycles. The third-order valence-corrected chi connectivity index (χ3v) is 24.6. The minimum atomic E-state index is -3.40. The number of aromatic amines is 3. The van der Waals surface area contributed by atoms with E-state index in [0.717, 1.165) is 38.7 Å². The number of carbonyl (C=O) groups excluding carboxylic acids is 2. The first-order chi connectivity index (χ1) is 51.1. The van der Waals surface area contributed by atoms with Crippen LogP contribution in [0.25, 0.3) is 134 Å². The van der Waals surface area contributed by atoms with Crippen molar-refractivity contribution in [3.05, 3.63) is 195 Å². The highest BCUT2D eigenvalue weighted by Crippen LogP contribution is 2.39. The summed E-state index contributed by atoms with van der Waals surface area (Å²) in [6.07, 6.45) is 11.2. The van der Waals surface area contributed by atoms with E-state index < -0.39 is 74.5 Å². The van der Waals surface area contributed by atoms with Gasteiger partial charge in [0.15, 0.2) is 46.5 Å². The minimum absolute atomic E-state index is 0. The molecule has 560 valence electrons. The first-order valence-corrected chi connectivity index (χ1v) is 39.3. The van der Waals surface area contributed by atoms with Crippen LogP contribution in [0.15, 0.2) is 204 Å². The molecule has 15 aromatic rings. The maximum atomic E-state index is 14.0. The number of aromatic nitrogens is 12. The Morgan fingerprint density at radius 3 is 1.20 bits per heavy atom. The molecule has 0 spiro atoms. The van der Waals surface area contributed by atoms with Crippen LogP contribution in [0.2, 0.25) is 0 Å². The van der Waals surface area contributed by atoms with Gasteiger partial charge >= 0.3 is 12.2 Å². The number of benzene rings is 6. The van der Waals surface area contributed by atoms with Gasteiger partial charge in [0.2, 0.25) is 0 Å². The first kappa shape index (κ1) is 74.6. The third kappa shape index (κ3) is 14.7. The highest BCUT2D eigenvalue weighted by Gasteiger charge is 2.29. The SMILES string of the molecule is CC(C)S(=O)(=O)c1ccc(-c2cnc3[nH]cc(-c4cc5cc(F)ccc5n4C(=O)OC(C)(C)C)c3n2)cc1.CC(C)S(=O)(=O)c1ccc(-c2cnc3[nH]cc(-c4ccc5ccn(C)c5c4)c3n2)cc1.COc1ccc2c(c1)cc(-c1c[nH]c3ncc(-c4ccc(S(=O)(=O)C(C)C)cc4)nc13)n2C(=O)OC(C)(C)C.[HH].[HH].[HH]. The fourth-order valence-corrected chi connectivity index (χ4v) is 15.5. The molecule has 23 nitrogen and oxygen atoms in total. The predicted octanol–water partition coefficient (Wildman–Crippen LogP) is 18.3. The molecule has 0 atom stereocenters. The molecule has 15 rings (SSSR count). The zero-order valence-electron chi connectivity index (χ0n) is 61.7. The molecule has 9 aromatic heterocycles. The van der Waals surface area contributed by atoms with Crippen LogP contribution in [0.3, 0.4) is 0 Å². The summed E-state index contributed by atoms with van der Waals surface area (Å²) < 4.78 is 111. The standard InChI is InChI=1S/C29H30N4O5S.C28H27FN4O4S.C24H22N4O2S.3H2/c1-17(2)39(35,36)21-10-7-18(8-11-21)23-16-31-27-26(32-23)22(15-30-27)25-14-19-13-20(37-6)9-12-24(19)33(25)28(34)38-29(3,4)5;1-16(2)38(35,36)20-9-6-17(7-10-20)22-15-31-26-25(32-22)21(14-30-26)24-13-18-12-19(29)8-11-23(18)33(24)27(34)37-28(3,4)5;1-15(2)31(29,30)19-8-6-16(7-9-19)21-14-26-24-23(27-21)20(13-25-24)18-5-4-17-10-11-28(3)22(17)12-18;;;/h7-17H,1-6H3,(H,30,31);6-16H,1-5H3,(H,30,31);4-15H,1-3H3,(H,25,26);3*1H. The van der Waals surface area contributed by atoms with Crippen LogP contribution in [-0.4, -0.2) is 130 Å². The van der Waals surface area contributed by atoms with Crippen molar-refractivity contribution in [3.8, 4) is 73.2 Å². The molecule has 3 N–H and O–H groups in total. The maximum absolute atomic E-state index is 14.0. The average Bonchev–Trinajstić information content (AvgIpc) is 1.60. The van der Waals surface area contributed by atoms with Gasteiger partial charge in [0.05, 0.1) is 95.6 Å². The highest BCUT2D eigenvalue weighted by atomic mass is 32.2. The third-order valence-electron chi connectivity index (χ3n) is 18.1. The van der Waals surface area contributed by atoms with Gasteiger partial charge in [-0.25, -0.2) is 78.3 Å². The number of H-pyrrole nitrogens is 3. The lowest BCUT2D eigenvalue weighted by molar-refractivity contribution is 0.0535. The summed E-state index contributed by atoms with van der Waals surface area (Å²) in [5.41, 5.74) is 12.8. The summed E-state index contributed by atoms with van der Waals surface area (Å²) in [4.78, 5) is 65.0. The second-order valence-corrected chi connectivity index (χ2v) is 36.4. The number of halogens is 1. The van der Waals surface area contributed by atoms with E-state index in [4.69, 9.17) is 29.2 Å². The van der Waals surface area contributed by atoms with Gasteiger partial charge in [-0.1, -0.05) is 48.5 Å². The number of fused-ring (bicyclic) bond motifs is 6. The van der Waals surface area contributed by atoms with Gasteiger partial charge in [0, 0.05) is 85.8 Å². The molecule has 0 radical (unpaired) electrons. The lowest BCUT2D eigenvalue weighted by Crippen LogP contribution is -2.27. The van der Waals surface area contributed by atoms with Crippen molar-refractivity contribution in [2.45, 2.75) is 125 Å². The highest BCUT2D eigenvalue weighted by molar-refractivity contribution is 7.92. The molecular weight excluding hydrogens is 1430 g/mol. The Balaban J connectivity index is 0.000000176. The molecule has 0 bridgehead atoms. The number of methoxy groups -OCH3 is 1. The fraction of sp³-hybridized carbons (Fsp3) is 0.235. The van der Waals surface area contributed by atoms with Crippen molar-refractivity contribution >= 4 is 108 Å². The number of nitrogens with one attached hydrogen (secondary N) is 3. The van der Waals surface area contributed by atoms with Crippen LogP contribution in [0, 0.1) is 5.82 Å². The Hall–Kier alpha value is -11.7. The van der Waals surface area contributed by atoms with E-state index in [1.54, 1.807) is 185 Å². The summed E-state index contributed by atoms with van der Waals surface area (Å²) in [7, 11) is -6.47. The van der Waals surface area contributed by atoms with Crippen molar-refractivity contribution < 1.29 is 57.7 Å². The largest absolute Gasteiger partial charge is 0.497 e. The predicted molar refractivity (Wildman–Crippen MR) is 425 cm³/mol. The normalized spacial score (nSPS) is 12.4. The summed E-state index contributed by atoms with van der Waals surface area (Å²) in [5.74, 6) is 0.244. The summed E-state index contributed by atoms with van der Waals surface area (Å²) in [6.45, 7) is 20.7. The molecule has 0 saturated heterocycles. The Morgan fingerprint density at radius 2 is 0.815 bits per heavy atom. The fourth-order valence-electron chi connectivity index (χ4n) is 12.3. The average molecular weight is 1520 g/mol. The Morgan fingerprint density at radius 1 is 0.444 bits per heavy atom. The number of aryl methyl sites for hydroxylation is 1. The number of hydrogen-bond acceptors (Lipinski definition) is 17. The first-order valence-electron chi connectivity index (χ1n) is 34.7. The lowest BCUT2D eigenvalue weighted by Gasteiger charge is -2.21. The van der Waals surface area contributed by atoms with Crippen molar-refractivity contribution in [3.63, 3.8) is 0 Å². The van der Waals surface area contributed by atoms with Crippen LogP contribution in [0.4, 0.5) is 14.0 Å². The van der Waals surface area contributed by atoms with E-state index in [9.17, 15) is 39.2 Å². The van der Waals surface area contributed by atoms with Crippen molar-refractivity contribution in [1.29, 1.82) is 0 Å². The smallest absolute Gasteiger partial charge is 0.419 e. The minimum Gasteiger partial charge on any atom is -0.497 e. The molecule has 0 aliphatic heterocycles. The van der Waals surface area contributed by atoms with Crippen molar-refractivity contribution in [2.24, 2.45) is 7.05 Å². The molecule has 0 fully saturated rings. The zero-order chi connectivity index (χ0) is 77.3. The van der Waals surface area contributed by atoms with E-state index in [0.29, 0.717) is 100 Å². The monoisotopic (exact) mass is 1520 g/mol. The number of sulfone groups is 3. The second kappa shape index (κ2) is 28.6. The number of ether oxygens (including phenoxy) is 3. The molecular formula is C81H85FN12O11S3. The summed E-state index contributed by atoms with van der Waals surface area (Å²) >= 11 is 0. The molecule has 0 amide bonds. The summed E-state index contributed by atoms with van der Waals surface area (Å²) in [6, 6.07) is 41.7. The number of nitrogens with zero attached hydrogens (tertiary/aromatic N) is 9. The molecule has 108 heavy (non-hydrogen) atoms. The van der Waals surface area contributed by atoms with Gasteiger partial charge in [-0.05, 0) is 191 Å². The van der Waals surface area contributed by atoms with Crippen LogP contribution in [0.5, 0.6) is 5.75 Å². The summed E-state index contributed by atoms with van der Waals surface area (Å²) in [5, 5.41) is 1.02. The Kier molecular flexibility index (Phi) is 19.7. The molecule has 0 aliphatic carbocycles. The topological polar surface area (TPSA) is 304 Å². The molecule has 0 aliphatic rings. The zero-order valence-corrected chi connectivity index (χ0v) is 64.2. The molecule has 0 saturated carbocycles. The van der Waals surface area contributed by atoms with Gasteiger partial charge in [-0.15, -0.1) is 0 Å². The van der Waals surface area contributed by atoms with Crippen LogP contribution in [-0.2, 0) is 46.0 Å². The Labute approximate surface area is 627 Å². The second-order valence-electron chi connectivity index (χ2n) is 28.8. The van der Waals surface area contributed by atoms with E-state index in [2.05, 4.69) is 58.7 Å². The van der Waals surface area contributed by atoms with Crippen LogP contribution in [0.1, 0.15) is 87.4 Å². The van der Waals surface area contributed by atoms with Crippen molar-refractivity contribution in [2.75, 3.05) is 7.11 Å².